The highest BCUT2D eigenvalue weighted by atomic mass is 16.6. The molecule has 4 aromatic carbocycles. The summed E-state index contributed by atoms with van der Waals surface area (Å²) in [5.74, 6) is -8.22. The van der Waals surface area contributed by atoms with Gasteiger partial charge in [0.1, 0.15) is 0 Å². The van der Waals surface area contributed by atoms with Crippen molar-refractivity contribution in [2.45, 2.75) is 0 Å². The standard InChI is InChI=1S/C30H18O11/c31-25(32)17-11-7-15(8-12-17)19-3-1-5-21(27(35)36)23(19)29(39)41-30(40)24-20(4-2-6-22(24)28(37)38)16-9-13-18(14-10-16)26(33)34/h1-14H,(H,31,32)(H,33,34)(H,35,36)(H,37,38). The molecule has 0 saturated carbocycles. The minimum absolute atomic E-state index is 0.0237. The van der Waals surface area contributed by atoms with Crippen LogP contribution in [0.15, 0.2) is 84.9 Å². The topological polar surface area (TPSA) is 193 Å². The highest BCUT2D eigenvalue weighted by Crippen LogP contribution is 2.31. The van der Waals surface area contributed by atoms with E-state index in [1.165, 1.54) is 72.8 Å². The van der Waals surface area contributed by atoms with Crippen molar-refractivity contribution in [1.82, 2.24) is 0 Å². The number of esters is 2. The Balaban J connectivity index is 1.80. The molecule has 0 bridgehead atoms. The second-order valence-corrected chi connectivity index (χ2v) is 8.51. The third-order valence-corrected chi connectivity index (χ3v) is 6.07. The number of hydrogen-bond acceptors (Lipinski definition) is 7. The molecule has 4 N–H and O–H groups in total. The van der Waals surface area contributed by atoms with Crippen molar-refractivity contribution in [1.29, 1.82) is 0 Å². The first-order valence-corrected chi connectivity index (χ1v) is 11.7. The molecule has 0 aromatic heterocycles. The lowest BCUT2D eigenvalue weighted by Crippen LogP contribution is -2.20. The molecule has 0 aliphatic carbocycles. The van der Waals surface area contributed by atoms with E-state index in [4.69, 9.17) is 14.9 Å². The molecule has 4 rings (SSSR count). The Kier molecular flexibility index (Phi) is 7.72. The third-order valence-electron chi connectivity index (χ3n) is 6.07. The maximum absolute atomic E-state index is 13.4. The van der Waals surface area contributed by atoms with Gasteiger partial charge in [0.25, 0.3) is 0 Å². The normalized spacial score (nSPS) is 10.4. The van der Waals surface area contributed by atoms with Crippen LogP contribution >= 0.6 is 0 Å². The molecule has 0 amide bonds. The molecule has 0 spiro atoms. The molecule has 0 aliphatic rings. The molecule has 0 heterocycles. The summed E-state index contributed by atoms with van der Waals surface area (Å²) >= 11 is 0. The van der Waals surface area contributed by atoms with E-state index in [9.17, 15) is 39.0 Å². The van der Waals surface area contributed by atoms with Crippen molar-refractivity contribution in [2.24, 2.45) is 0 Å². The molecule has 4 aromatic rings. The fourth-order valence-corrected chi connectivity index (χ4v) is 4.15. The van der Waals surface area contributed by atoms with Gasteiger partial charge in [0.05, 0.1) is 33.4 Å². The lowest BCUT2D eigenvalue weighted by Gasteiger charge is -2.15. The molecule has 11 nitrogen and oxygen atoms in total. The van der Waals surface area contributed by atoms with Crippen LogP contribution in [0.1, 0.15) is 62.1 Å². The van der Waals surface area contributed by atoms with Crippen molar-refractivity contribution in [2.75, 3.05) is 0 Å². The summed E-state index contributed by atoms with van der Waals surface area (Å²) in [5, 5.41) is 37.8. The van der Waals surface area contributed by atoms with E-state index in [1.807, 2.05) is 0 Å². The first-order chi connectivity index (χ1) is 19.5. The zero-order chi connectivity index (χ0) is 29.8. The Bertz CT molecular complexity index is 1600. The number of carboxylic acids is 4. The Labute approximate surface area is 230 Å². The van der Waals surface area contributed by atoms with Crippen molar-refractivity contribution in [3.63, 3.8) is 0 Å². The van der Waals surface area contributed by atoms with Crippen LogP contribution in [0, 0.1) is 0 Å². The second-order valence-electron chi connectivity index (χ2n) is 8.51. The summed E-state index contributed by atoms with van der Waals surface area (Å²) in [4.78, 5) is 73.1. The van der Waals surface area contributed by atoms with Gasteiger partial charge in [0.2, 0.25) is 0 Å². The molecule has 11 heteroatoms. The Morgan fingerprint density at radius 1 is 0.439 bits per heavy atom. The van der Waals surface area contributed by atoms with Gasteiger partial charge < -0.3 is 25.2 Å². The van der Waals surface area contributed by atoms with E-state index in [0.29, 0.717) is 0 Å². The summed E-state index contributed by atoms with van der Waals surface area (Å²) in [6.45, 7) is 0. The maximum Gasteiger partial charge on any atom is 0.347 e. The number of ether oxygens (including phenoxy) is 1. The van der Waals surface area contributed by atoms with Gasteiger partial charge in [-0.05, 0) is 58.7 Å². The maximum atomic E-state index is 13.4. The minimum Gasteiger partial charge on any atom is -0.478 e. The van der Waals surface area contributed by atoms with Crippen LogP contribution in [-0.4, -0.2) is 56.2 Å². The zero-order valence-corrected chi connectivity index (χ0v) is 20.7. The van der Waals surface area contributed by atoms with Crippen molar-refractivity contribution >= 4 is 35.8 Å². The first kappa shape index (κ1) is 27.9. The Morgan fingerprint density at radius 2 is 0.780 bits per heavy atom. The van der Waals surface area contributed by atoms with Crippen LogP contribution < -0.4 is 0 Å². The highest BCUT2D eigenvalue weighted by Gasteiger charge is 2.29. The molecule has 0 aliphatic heterocycles. The molecule has 0 fully saturated rings. The van der Waals surface area contributed by atoms with Crippen LogP contribution in [-0.2, 0) is 4.74 Å². The number of aromatic carboxylic acids is 4. The molecular weight excluding hydrogens is 536 g/mol. The Morgan fingerprint density at radius 3 is 1.07 bits per heavy atom. The molecular formula is C30H18O11. The number of carboxylic acid groups (broad SMARTS) is 4. The Hall–Kier alpha value is -6.10. The summed E-state index contributed by atoms with van der Waals surface area (Å²) in [6, 6.07) is 18.1. The van der Waals surface area contributed by atoms with Crippen LogP contribution in [0.5, 0.6) is 0 Å². The smallest absolute Gasteiger partial charge is 0.347 e. The molecule has 41 heavy (non-hydrogen) atoms. The van der Waals surface area contributed by atoms with Gasteiger partial charge in [-0.15, -0.1) is 0 Å². The number of carbonyl (C=O) groups excluding carboxylic acids is 2. The third kappa shape index (κ3) is 5.68. The van der Waals surface area contributed by atoms with E-state index in [-0.39, 0.29) is 33.4 Å². The molecule has 204 valence electrons. The monoisotopic (exact) mass is 554 g/mol. The molecule has 0 saturated heterocycles. The van der Waals surface area contributed by atoms with Crippen molar-refractivity contribution in [3.8, 4) is 22.3 Å². The van der Waals surface area contributed by atoms with Crippen molar-refractivity contribution < 1.29 is 53.9 Å². The second kappa shape index (κ2) is 11.3. The lowest BCUT2D eigenvalue weighted by atomic mass is 9.94. The van der Waals surface area contributed by atoms with E-state index >= 15 is 0 Å². The van der Waals surface area contributed by atoms with Crippen LogP contribution in [0.3, 0.4) is 0 Å². The largest absolute Gasteiger partial charge is 0.478 e. The number of carbonyl (C=O) groups is 6. The first-order valence-electron chi connectivity index (χ1n) is 11.7. The van der Waals surface area contributed by atoms with E-state index in [1.54, 1.807) is 0 Å². The molecule has 0 radical (unpaired) electrons. The number of benzene rings is 4. The van der Waals surface area contributed by atoms with Gasteiger partial charge in [-0.25, -0.2) is 28.8 Å². The average molecular weight is 554 g/mol. The fourth-order valence-electron chi connectivity index (χ4n) is 4.15. The predicted octanol–water partition coefficient (Wildman–Crippen LogP) is 4.81. The lowest BCUT2D eigenvalue weighted by molar-refractivity contribution is 0.0387. The van der Waals surface area contributed by atoms with Gasteiger partial charge in [-0.3, -0.25) is 0 Å². The zero-order valence-electron chi connectivity index (χ0n) is 20.7. The fraction of sp³-hybridized carbons (Fsp3) is 0. The van der Waals surface area contributed by atoms with Gasteiger partial charge >= 0.3 is 35.8 Å². The van der Waals surface area contributed by atoms with Crippen LogP contribution in [0.4, 0.5) is 0 Å². The SMILES string of the molecule is O=C(O)c1ccc(-c2cccc(C(=O)O)c2C(=O)OC(=O)c2c(C(=O)O)cccc2-c2ccc(C(=O)O)cc2)cc1. The summed E-state index contributed by atoms with van der Waals surface area (Å²) in [7, 11) is 0. The quantitative estimate of drug-likeness (QED) is 0.172. The van der Waals surface area contributed by atoms with Gasteiger partial charge in [-0.2, -0.15) is 0 Å². The molecule has 0 unspecified atom stereocenters. The summed E-state index contributed by atoms with van der Waals surface area (Å²) in [5.41, 5.74) is -1.63. The number of rotatable bonds is 8. The van der Waals surface area contributed by atoms with Gasteiger partial charge in [-0.1, -0.05) is 48.5 Å². The average Bonchev–Trinajstić information content (AvgIpc) is 2.96. The van der Waals surface area contributed by atoms with Crippen LogP contribution in [0.2, 0.25) is 0 Å². The minimum atomic E-state index is -1.52. The summed E-state index contributed by atoms with van der Waals surface area (Å²) < 4.78 is 5.06. The predicted molar refractivity (Wildman–Crippen MR) is 141 cm³/mol. The van der Waals surface area contributed by atoms with E-state index in [0.717, 1.165) is 12.1 Å². The van der Waals surface area contributed by atoms with E-state index < -0.39 is 58.1 Å². The molecule has 0 atom stereocenters. The number of hydrogen-bond donors (Lipinski definition) is 4. The van der Waals surface area contributed by atoms with Gasteiger partial charge in [0.15, 0.2) is 0 Å². The van der Waals surface area contributed by atoms with E-state index in [2.05, 4.69) is 0 Å². The highest BCUT2D eigenvalue weighted by molar-refractivity contribution is 6.15. The van der Waals surface area contributed by atoms with Crippen LogP contribution in [0.25, 0.3) is 22.3 Å². The van der Waals surface area contributed by atoms with Gasteiger partial charge in [0, 0.05) is 0 Å². The summed E-state index contributed by atoms with van der Waals surface area (Å²) in [6.07, 6.45) is 0. The van der Waals surface area contributed by atoms with Crippen molar-refractivity contribution in [3.05, 3.63) is 118 Å².